The van der Waals surface area contributed by atoms with E-state index >= 15 is 0 Å². The van der Waals surface area contributed by atoms with E-state index in [1.54, 1.807) is 12.1 Å². The van der Waals surface area contributed by atoms with Gasteiger partial charge >= 0.3 is 5.97 Å². The first-order valence-electron chi connectivity index (χ1n) is 5.66. The van der Waals surface area contributed by atoms with Crippen LogP contribution >= 0.6 is 0 Å². The van der Waals surface area contributed by atoms with Crippen LogP contribution in [0.5, 0.6) is 0 Å². The van der Waals surface area contributed by atoms with E-state index in [0.717, 1.165) is 5.56 Å². The number of carbonyl (C=O) groups is 1. The molecule has 0 atom stereocenters. The van der Waals surface area contributed by atoms with E-state index < -0.39 is 5.97 Å². The van der Waals surface area contributed by atoms with Crippen LogP contribution in [0, 0.1) is 11.7 Å². The maximum atomic E-state index is 12.7. The first-order chi connectivity index (χ1) is 7.97. The molecule has 0 aliphatic carbocycles. The van der Waals surface area contributed by atoms with E-state index in [1.165, 1.54) is 12.1 Å². The molecule has 3 nitrogen and oxygen atoms in total. The molecule has 0 bridgehead atoms. The number of halogens is 1. The molecule has 0 amide bonds. The van der Waals surface area contributed by atoms with Gasteiger partial charge in [0, 0.05) is 13.1 Å². The predicted octanol–water partition coefficient (Wildman–Crippen LogP) is 2.37. The third-order valence-corrected chi connectivity index (χ3v) is 2.30. The summed E-state index contributed by atoms with van der Waals surface area (Å²) in [5.74, 6) is -0.718. The number of rotatable bonds is 6. The zero-order valence-electron chi connectivity index (χ0n) is 10.2. The smallest absolute Gasteiger partial charge is 0.317 e. The van der Waals surface area contributed by atoms with Crippen molar-refractivity contribution in [2.75, 3.05) is 13.1 Å². The average molecular weight is 239 g/mol. The van der Waals surface area contributed by atoms with Crippen LogP contribution in [0.1, 0.15) is 19.4 Å². The largest absolute Gasteiger partial charge is 0.480 e. The van der Waals surface area contributed by atoms with E-state index in [-0.39, 0.29) is 12.4 Å². The van der Waals surface area contributed by atoms with E-state index in [2.05, 4.69) is 0 Å². The highest BCUT2D eigenvalue weighted by atomic mass is 19.1. The lowest BCUT2D eigenvalue weighted by Gasteiger charge is -2.22. The van der Waals surface area contributed by atoms with Crippen molar-refractivity contribution < 1.29 is 14.3 Å². The van der Waals surface area contributed by atoms with E-state index in [9.17, 15) is 9.18 Å². The van der Waals surface area contributed by atoms with Crippen LogP contribution in [0.15, 0.2) is 24.3 Å². The van der Waals surface area contributed by atoms with E-state index in [1.807, 2.05) is 18.7 Å². The van der Waals surface area contributed by atoms with Crippen molar-refractivity contribution in [3.05, 3.63) is 35.6 Å². The molecule has 0 heterocycles. The minimum Gasteiger partial charge on any atom is -0.480 e. The molecule has 0 unspecified atom stereocenters. The standard InChI is InChI=1S/C13H18FNO2/c1-10(2)7-15(9-13(16)17)8-11-3-5-12(14)6-4-11/h3-6,10H,7-9H2,1-2H3,(H,16,17). The minimum atomic E-state index is -0.840. The molecule has 4 heteroatoms. The number of carboxylic acid groups (broad SMARTS) is 1. The molecular formula is C13H18FNO2. The SMILES string of the molecule is CC(C)CN(CC(=O)O)Cc1ccc(F)cc1. The fourth-order valence-corrected chi connectivity index (χ4v) is 1.74. The number of carboxylic acids is 1. The van der Waals surface area contributed by atoms with Crippen LogP contribution < -0.4 is 0 Å². The van der Waals surface area contributed by atoms with E-state index in [4.69, 9.17) is 5.11 Å². The molecular weight excluding hydrogens is 221 g/mol. The van der Waals surface area contributed by atoms with Gasteiger partial charge in [-0.25, -0.2) is 4.39 Å². The minimum absolute atomic E-state index is 0.00948. The molecule has 0 aliphatic heterocycles. The molecule has 17 heavy (non-hydrogen) atoms. The van der Waals surface area contributed by atoms with Crippen molar-refractivity contribution in [2.24, 2.45) is 5.92 Å². The van der Waals surface area contributed by atoms with Crippen LogP contribution in [-0.4, -0.2) is 29.1 Å². The molecule has 1 N–H and O–H groups in total. The number of aliphatic carboxylic acids is 1. The molecule has 0 aliphatic rings. The summed E-state index contributed by atoms with van der Waals surface area (Å²) in [7, 11) is 0. The summed E-state index contributed by atoms with van der Waals surface area (Å²) in [4.78, 5) is 12.6. The molecule has 0 fully saturated rings. The van der Waals surface area contributed by atoms with Crippen molar-refractivity contribution >= 4 is 5.97 Å². The summed E-state index contributed by atoms with van der Waals surface area (Å²) in [6, 6.07) is 6.16. The fraction of sp³-hybridized carbons (Fsp3) is 0.462. The van der Waals surface area contributed by atoms with Crippen molar-refractivity contribution in [3.8, 4) is 0 Å². The maximum absolute atomic E-state index is 12.7. The third kappa shape index (κ3) is 5.45. The van der Waals surface area contributed by atoms with Crippen LogP contribution in [-0.2, 0) is 11.3 Å². The third-order valence-electron chi connectivity index (χ3n) is 2.30. The van der Waals surface area contributed by atoms with Gasteiger partial charge < -0.3 is 5.11 Å². The highest BCUT2D eigenvalue weighted by Gasteiger charge is 2.11. The second kappa shape index (κ2) is 6.35. The predicted molar refractivity (Wildman–Crippen MR) is 64.2 cm³/mol. The fourth-order valence-electron chi connectivity index (χ4n) is 1.74. The zero-order chi connectivity index (χ0) is 12.8. The van der Waals surface area contributed by atoms with Crippen molar-refractivity contribution in [2.45, 2.75) is 20.4 Å². The van der Waals surface area contributed by atoms with Crippen LogP contribution in [0.25, 0.3) is 0 Å². The number of hydrogen-bond acceptors (Lipinski definition) is 2. The Morgan fingerprint density at radius 3 is 2.41 bits per heavy atom. The zero-order valence-corrected chi connectivity index (χ0v) is 10.2. The summed E-state index contributed by atoms with van der Waals surface area (Å²) in [5, 5.41) is 8.82. The summed E-state index contributed by atoms with van der Waals surface area (Å²) in [6.07, 6.45) is 0. The first-order valence-corrected chi connectivity index (χ1v) is 5.66. The van der Waals surface area contributed by atoms with Gasteiger partial charge in [0.15, 0.2) is 0 Å². The van der Waals surface area contributed by atoms with Crippen LogP contribution in [0.2, 0.25) is 0 Å². The number of nitrogens with zero attached hydrogens (tertiary/aromatic N) is 1. The number of benzene rings is 1. The average Bonchev–Trinajstić information content (AvgIpc) is 2.19. The van der Waals surface area contributed by atoms with Gasteiger partial charge in [0.25, 0.3) is 0 Å². The van der Waals surface area contributed by atoms with Crippen molar-refractivity contribution in [1.29, 1.82) is 0 Å². The lowest BCUT2D eigenvalue weighted by Crippen LogP contribution is -2.32. The molecule has 0 saturated heterocycles. The lowest BCUT2D eigenvalue weighted by atomic mass is 10.1. The monoisotopic (exact) mass is 239 g/mol. The second-order valence-electron chi connectivity index (χ2n) is 4.58. The molecule has 0 saturated carbocycles. The Morgan fingerprint density at radius 2 is 1.94 bits per heavy atom. The van der Waals surface area contributed by atoms with Gasteiger partial charge in [-0.3, -0.25) is 9.69 Å². The van der Waals surface area contributed by atoms with Crippen LogP contribution in [0.3, 0.4) is 0 Å². The van der Waals surface area contributed by atoms with Gasteiger partial charge in [-0.05, 0) is 23.6 Å². The summed E-state index contributed by atoms with van der Waals surface area (Å²) >= 11 is 0. The Labute approximate surface area is 101 Å². The van der Waals surface area contributed by atoms with Gasteiger partial charge in [-0.2, -0.15) is 0 Å². The molecule has 1 rings (SSSR count). The Morgan fingerprint density at radius 1 is 1.35 bits per heavy atom. The number of hydrogen-bond donors (Lipinski definition) is 1. The Kier molecular flexibility index (Phi) is 5.10. The summed E-state index contributed by atoms with van der Waals surface area (Å²) in [6.45, 7) is 5.34. The molecule has 0 aromatic heterocycles. The topological polar surface area (TPSA) is 40.5 Å². The van der Waals surface area contributed by atoms with Gasteiger partial charge in [0.2, 0.25) is 0 Å². The van der Waals surface area contributed by atoms with Crippen molar-refractivity contribution in [3.63, 3.8) is 0 Å². The molecule has 1 aromatic carbocycles. The molecule has 94 valence electrons. The first kappa shape index (κ1) is 13.6. The van der Waals surface area contributed by atoms with Gasteiger partial charge in [0.05, 0.1) is 6.54 Å². The Balaban J connectivity index is 2.64. The second-order valence-corrected chi connectivity index (χ2v) is 4.58. The van der Waals surface area contributed by atoms with Gasteiger partial charge in [-0.15, -0.1) is 0 Å². The normalized spacial score (nSPS) is 11.1. The quantitative estimate of drug-likeness (QED) is 0.828. The molecule has 0 spiro atoms. The van der Waals surface area contributed by atoms with Crippen LogP contribution in [0.4, 0.5) is 4.39 Å². The highest BCUT2D eigenvalue weighted by Crippen LogP contribution is 2.08. The molecule has 0 radical (unpaired) electrons. The lowest BCUT2D eigenvalue weighted by molar-refractivity contribution is -0.138. The van der Waals surface area contributed by atoms with Gasteiger partial charge in [-0.1, -0.05) is 26.0 Å². The maximum Gasteiger partial charge on any atom is 0.317 e. The summed E-state index contributed by atoms with van der Waals surface area (Å²) < 4.78 is 12.7. The highest BCUT2D eigenvalue weighted by molar-refractivity contribution is 5.69. The Hall–Kier alpha value is -1.42. The van der Waals surface area contributed by atoms with Crippen molar-refractivity contribution in [1.82, 2.24) is 4.90 Å². The molecule has 1 aromatic rings. The van der Waals surface area contributed by atoms with E-state index in [0.29, 0.717) is 19.0 Å². The summed E-state index contributed by atoms with van der Waals surface area (Å²) in [5.41, 5.74) is 0.924. The van der Waals surface area contributed by atoms with Gasteiger partial charge in [0.1, 0.15) is 5.82 Å². The Bertz CT molecular complexity index is 362.